The predicted octanol–water partition coefficient (Wildman–Crippen LogP) is 3.23. The van der Waals surface area contributed by atoms with Gasteiger partial charge in [0.15, 0.2) is 0 Å². The Morgan fingerprint density at radius 2 is 1.93 bits per heavy atom. The molecule has 2 rings (SSSR count). The largest absolute Gasteiger partial charge is 0.490 e. The maximum absolute atomic E-state index is 5.70. The summed E-state index contributed by atoms with van der Waals surface area (Å²) < 4.78 is 12.1. The molecule has 3 heteroatoms. The molecule has 2 nitrogen and oxygen atoms in total. The zero-order chi connectivity index (χ0) is 11.1. The lowest BCUT2D eigenvalue weighted by molar-refractivity contribution is 0.202. The third-order valence-electron chi connectivity index (χ3n) is 2.59. The minimum absolute atomic E-state index is 0.0467. The highest BCUT2D eigenvalue weighted by Gasteiger charge is 2.40. The van der Waals surface area contributed by atoms with Crippen LogP contribution in [0.3, 0.4) is 0 Å². The summed E-state index contributed by atoms with van der Waals surface area (Å²) in [6.45, 7) is 7.64. The molecule has 1 aromatic rings. The van der Waals surface area contributed by atoms with Gasteiger partial charge in [-0.25, -0.2) is 0 Å². The van der Waals surface area contributed by atoms with Crippen molar-refractivity contribution in [1.82, 2.24) is 0 Å². The Bertz CT molecular complexity index is 360. The lowest BCUT2D eigenvalue weighted by Gasteiger charge is -2.11. The monoisotopic (exact) mass is 270 g/mol. The fourth-order valence-electron chi connectivity index (χ4n) is 1.43. The zero-order valence-corrected chi connectivity index (χ0v) is 10.8. The number of aryl methyl sites for hydroxylation is 2. The third-order valence-corrected chi connectivity index (χ3v) is 3.84. The van der Waals surface area contributed by atoms with E-state index in [-0.39, 0.29) is 5.60 Å². The van der Waals surface area contributed by atoms with Crippen LogP contribution in [0.1, 0.15) is 18.1 Å². The van der Waals surface area contributed by atoms with Crippen LogP contribution in [0.15, 0.2) is 16.6 Å². The standard InChI is InChI=1S/C12H15BrO2/c1-8-4-10(5-9(2)11(8)13)14-6-12(3)7-15-12/h4-5H,6-7H2,1-3H3. The molecule has 1 atom stereocenters. The van der Waals surface area contributed by atoms with E-state index in [1.165, 1.54) is 11.1 Å². The number of halogens is 1. The van der Waals surface area contributed by atoms with Gasteiger partial charge in [0.25, 0.3) is 0 Å². The fourth-order valence-corrected chi connectivity index (χ4v) is 1.66. The first-order chi connectivity index (χ1) is 7.00. The topological polar surface area (TPSA) is 21.8 Å². The molecule has 82 valence electrons. The van der Waals surface area contributed by atoms with Gasteiger partial charge in [-0.15, -0.1) is 0 Å². The van der Waals surface area contributed by atoms with Crippen LogP contribution in [0.25, 0.3) is 0 Å². The van der Waals surface area contributed by atoms with Crippen molar-refractivity contribution in [1.29, 1.82) is 0 Å². The van der Waals surface area contributed by atoms with Crippen LogP contribution < -0.4 is 4.74 Å². The van der Waals surface area contributed by atoms with Crippen LogP contribution in [0, 0.1) is 13.8 Å². The molecule has 15 heavy (non-hydrogen) atoms. The van der Waals surface area contributed by atoms with Crippen LogP contribution in [0.2, 0.25) is 0 Å². The van der Waals surface area contributed by atoms with Crippen LogP contribution in [-0.2, 0) is 4.74 Å². The van der Waals surface area contributed by atoms with Crippen molar-refractivity contribution in [2.24, 2.45) is 0 Å². The number of benzene rings is 1. The Balaban J connectivity index is 2.08. The van der Waals surface area contributed by atoms with Gasteiger partial charge >= 0.3 is 0 Å². The Morgan fingerprint density at radius 1 is 1.40 bits per heavy atom. The van der Waals surface area contributed by atoms with E-state index in [0.29, 0.717) is 6.61 Å². The zero-order valence-electron chi connectivity index (χ0n) is 9.26. The molecule has 1 aromatic carbocycles. The van der Waals surface area contributed by atoms with E-state index in [1.807, 2.05) is 12.1 Å². The average Bonchev–Trinajstić information content (AvgIpc) is 2.90. The van der Waals surface area contributed by atoms with Crippen LogP contribution in [0.5, 0.6) is 5.75 Å². The molecule has 1 unspecified atom stereocenters. The van der Waals surface area contributed by atoms with E-state index >= 15 is 0 Å². The van der Waals surface area contributed by atoms with Gasteiger partial charge in [0.2, 0.25) is 0 Å². The summed E-state index contributed by atoms with van der Waals surface area (Å²) in [5.41, 5.74) is 2.35. The minimum Gasteiger partial charge on any atom is -0.490 e. The van der Waals surface area contributed by atoms with Crippen molar-refractivity contribution < 1.29 is 9.47 Å². The predicted molar refractivity (Wildman–Crippen MR) is 63.5 cm³/mol. The van der Waals surface area contributed by atoms with Gasteiger partial charge in [-0.1, -0.05) is 15.9 Å². The highest BCUT2D eigenvalue weighted by atomic mass is 79.9. The molecule has 0 amide bonds. The van der Waals surface area contributed by atoms with Crippen LogP contribution >= 0.6 is 15.9 Å². The van der Waals surface area contributed by atoms with E-state index in [4.69, 9.17) is 9.47 Å². The molecule has 0 saturated carbocycles. The number of hydrogen-bond acceptors (Lipinski definition) is 2. The summed E-state index contributed by atoms with van der Waals surface area (Å²) in [7, 11) is 0. The number of ether oxygens (including phenoxy) is 2. The molecule has 0 aliphatic carbocycles. The van der Waals surface area contributed by atoms with Gasteiger partial charge in [-0.05, 0) is 44.0 Å². The normalized spacial score (nSPS) is 24.0. The molecule has 0 N–H and O–H groups in total. The SMILES string of the molecule is Cc1cc(OCC2(C)CO2)cc(C)c1Br. The van der Waals surface area contributed by atoms with Crippen molar-refractivity contribution in [3.05, 3.63) is 27.7 Å². The van der Waals surface area contributed by atoms with Crippen molar-refractivity contribution >= 4 is 15.9 Å². The first-order valence-electron chi connectivity index (χ1n) is 5.04. The van der Waals surface area contributed by atoms with Crippen molar-refractivity contribution in [3.63, 3.8) is 0 Å². The van der Waals surface area contributed by atoms with E-state index in [1.54, 1.807) is 0 Å². The average molecular weight is 271 g/mol. The summed E-state index contributed by atoms with van der Waals surface area (Å²) in [5, 5.41) is 0. The second kappa shape index (κ2) is 3.80. The first kappa shape index (κ1) is 11.0. The maximum atomic E-state index is 5.70. The van der Waals surface area contributed by atoms with Crippen LogP contribution in [-0.4, -0.2) is 18.8 Å². The highest BCUT2D eigenvalue weighted by Crippen LogP contribution is 2.30. The van der Waals surface area contributed by atoms with Gasteiger partial charge in [-0.2, -0.15) is 0 Å². The molecule has 0 aromatic heterocycles. The Morgan fingerprint density at radius 3 is 2.40 bits per heavy atom. The summed E-state index contributed by atoms with van der Waals surface area (Å²) >= 11 is 3.54. The van der Waals surface area contributed by atoms with E-state index in [0.717, 1.165) is 16.8 Å². The second-order valence-corrected chi connectivity index (χ2v) is 5.19. The van der Waals surface area contributed by atoms with E-state index in [2.05, 4.69) is 36.7 Å². The van der Waals surface area contributed by atoms with Gasteiger partial charge in [-0.3, -0.25) is 0 Å². The quantitative estimate of drug-likeness (QED) is 0.787. The number of hydrogen-bond donors (Lipinski definition) is 0. The molecular formula is C12H15BrO2. The number of epoxide rings is 1. The molecule has 1 heterocycles. The van der Waals surface area contributed by atoms with Crippen molar-refractivity contribution in [3.8, 4) is 5.75 Å². The van der Waals surface area contributed by atoms with E-state index < -0.39 is 0 Å². The summed E-state index contributed by atoms with van der Waals surface area (Å²) in [4.78, 5) is 0. The summed E-state index contributed by atoms with van der Waals surface area (Å²) in [5.74, 6) is 0.921. The van der Waals surface area contributed by atoms with Gasteiger partial charge in [0.1, 0.15) is 18.0 Å². The first-order valence-corrected chi connectivity index (χ1v) is 5.83. The van der Waals surface area contributed by atoms with Crippen molar-refractivity contribution in [2.45, 2.75) is 26.4 Å². The Kier molecular flexibility index (Phi) is 2.77. The molecule has 0 radical (unpaired) electrons. The molecule has 1 aliphatic heterocycles. The smallest absolute Gasteiger partial charge is 0.123 e. The van der Waals surface area contributed by atoms with Crippen molar-refractivity contribution in [2.75, 3.05) is 13.2 Å². The third kappa shape index (κ3) is 2.52. The molecule has 1 aliphatic rings. The lowest BCUT2D eigenvalue weighted by Crippen LogP contribution is -2.17. The van der Waals surface area contributed by atoms with Gasteiger partial charge in [0, 0.05) is 4.47 Å². The molecule has 0 spiro atoms. The molecule has 0 bridgehead atoms. The lowest BCUT2D eigenvalue weighted by atomic mass is 10.1. The molecule has 1 fully saturated rings. The summed E-state index contributed by atoms with van der Waals surface area (Å²) in [6.07, 6.45) is 0. The van der Waals surface area contributed by atoms with E-state index in [9.17, 15) is 0 Å². The maximum Gasteiger partial charge on any atom is 0.123 e. The Labute approximate surface area is 98.7 Å². The van der Waals surface area contributed by atoms with Crippen LogP contribution in [0.4, 0.5) is 0 Å². The fraction of sp³-hybridized carbons (Fsp3) is 0.500. The number of rotatable bonds is 3. The Hall–Kier alpha value is -0.540. The second-order valence-electron chi connectivity index (χ2n) is 4.40. The summed E-state index contributed by atoms with van der Waals surface area (Å²) in [6, 6.07) is 4.09. The van der Waals surface area contributed by atoms with Gasteiger partial charge in [0.05, 0.1) is 6.61 Å². The highest BCUT2D eigenvalue weighted by molar-refractivity contribution is 9.10. The van der Waals surface area contributed by atoms with Gasteiger partial charge < -0.3 is 9.47 Å². The minimum atomic E-state index is -0.0467. The molecular weight excluding hydrogens is 256 g/mol. The molecule has 1 saturated heterocycles.